The molecule has 0 atom stereocenters. The highest BCUT2D eigenvalue weighted by Crippen LogP contribution is 2.20. The van der Waals surface area contributed by atoms with Crippen LogP contribution >= 0.6 is 0 Å². The van der Waals surface area contributed by atoms with Crippen LogP contribution in [0.4, 0.5) is 20.2 Å². The first-order valence-electron chi connectivity index (χ1n) is 8.09. The van der Waals surface area contributed by atoms with Gasteiger partial charge in [-0.15, -0.1) is 0 Å². The van der Waals surface area contributed by atoms with Crippen LogP contribution in [-0.2, 0) is 19.9 Å². The van der Waals surface area contributed by atoms with Crippen LogP contribution in [0.2, 0.25) is 0 Å². The molecule has 0 saturated carbocycles. The van der Waals surface area contributed by atoms with E-state index in [-0.39, 0.29) is 11.3 Å². The van der Waals surface area contributed by atoms with Crippen LogP contribution in [0.5, 0.6) is 0 Å². The number of carbonyl (C=O) groups excluding carboxylic acids is 1. The summed E-state index contributed by atoms with van der Waals surface area (Å²) in [5, 5.41) is 2.54. The first-order chi connectivity index (χ1) is 13.0. The largest absolute Gasteiger partial charge is 0.341 e. The molecule has 2 aromatic carbocycles. The SMILES string of the molecule is CCCS(=O)(=O)Nc1ccc(NC(=O)c2ccc(S(=O)(=O)C(F)F)cc2)cc1. The van der Waals surface area contributed by atoms with Crippen molar-refractivity contribution in [3.63, 3.8) is 0 Å². The average Bonchev–Trinajstić information content (AvgIpc) is 2.63. The molecule has 0 saturated heterocycles. The summed E-state index contributed by atoms with van der Waals surface area (Å²) in [5.74, 6) is -4.14. The summed E-state index contributed by atoms with van der Waals surface area (Å²) in [7, 11) is -8.15. The van der Waals surface area contributed by atoms with Crippen molar-refractivity contribution in [3.8, 4) is 0 Å². The van der Waals surface area contributed by atoms with E-state index in [1.807, 2.05) is 0 Å². The third kappa shape index (κ3) is 5.49. The van der Waals surface area contributed by atoms with Crippen LogP contribution in [0.3, 0.4) is 0 Å². The minimum Gasteiger partial charge on any atom is -0.322 e. The maximum Gasteiger partial charge on any atom is 0.341 e. The van der Waals surface area contributed by atoms with Gasteiger partial charge in [0.1, 0.15) is 0 Å². The summed E-state index contributed by atoms with van der Waals surface area (Å²) < 4.78 is 73.6. The minimum absolute atomic E-state index is 0.0111. The fourth-order valence-electron chi connectivity index (χ4n) is 2.22. The predicted octanol–water partition coefficient (Wildman–Crippen LogP) is 3.09. The van der Waals surface area contributed by atoms with Crippen LogP contribution in [0.25, 0.3) is 0 Å². The molecule has 2 aromatic rings. The zero-order chi connectivity index (χ0) is 20.9. The van der Waals surface area contributed by atoms with Crippen molar-refractivity contribution >= 4 is 37.1 Å². The Morgan fingerprint density at radius 1 is 0.929 bits per heavy atom. The Kier molecular flexibility index (Phi) is 6.73. The van der Waals surface area contributed by atoms with E-state index < -0.39 is 36.4 Å². The van der Waals surface area contributed by atoms with E-state index in [0.29, 0.717) is 17.8 Å². The molecule has 11 heteroatoms. The molecule has 2 rings (SSSR count). The number of nitrogens with one attached hydrogen (secondary N) is 2. The van der Waals surface area contributed by atoms with Crippen LogP contribution in [-0.4, -0.2) is 34.3 Å². The van der Waals surface area contributed by atoms with Crippen molar-refractivity contribution in [2.45, 2.75) is 24.0 Å². The number of halogens is 2. The van der Waals surface area contributed by atoms with Crippen LogP contribution in [0.15, 0.2) is 53.4 Å². The van der Waals surface area contributed by atoms with E-state index in [9.17, 15) is 30.4 Å². The molecule has 7 nitrogen and oxygen atoms in total. The lowest BCUT2D eigenvalue weighted by atomic mass is 10.2. The number of carbonyl (C=O) groups is 1. The maximum atomic E-state index is 12.5. The predicted molar refractivity (Wildman–Crippen MR) is 102 cm³/mol. The Morgan fingerprint density at radius 2 is 1.46 bits per heavy atom. The lowest BCUT2D eigenvalue weighted by Crippen LogP contribution is -2.16. The number of sulfonamides is 1. The molecule has 0 spiro atoms. The molecule has 0 bridgehead atoms. The summed E-state index contributed by atoms with van der Waals surface area (Å²) in [6.45, 7) is 1.74. The van der Waals surface area contributed by atoms with Crippen molar-refractivity contribution in [1.82, 2.24) is 0 Å². The third-order valence-electron chi connectivity index (χ3n) is 3.57. The smallest absolute Gasteiger partial charge is 0.322 e. The number of amides is 1. The highest BCUT2D eigenvalue weighted by atomic mass is 32.2. The van der Waals surface area contributed by atoms with Gasteiger partial charge in [-0.2, -0.15) is 8.78 Å². The number of sulfone groups is 1. The van der Waals surface area contributed by atoms with E-state index in [0.717, 1.165) is 24.3 Å². The summed E-state index contributed by atoms with van der Waals surface area (Å²) in [4.78, 5) is 11.6. The second-order valence-corrected chi connectivity index (χ2v) is 9.54. The van der Waals surface area contributed by atoms with Gasteiger partial charge in [0.05, 0.1) is 10.6 Å². The zero-order valence-electron chi connectivity index (χ0n) is 14.7. The van der Waals surface area contributed by atoms with Gasteiger partial charge in [-0.1, -0.05) is 6.92 Å². The molecule has 0 heterocycles. The zero-order valence-corrected chi connectivity index (χ0v) is 16.4. The lowest BCUT2D eigenvalue weighted by molar-refractivity contribution is 0.102. The van der Waals surface area contributed by atoms with Gasteiger partial charge in [-0.05, 0) is 55.0 Å². The fourth-order valence-corrected chi connectivity index (χ4v) is 4.08. The van der Waals surface area contributed by atoms with Gasteiger partial charge < -0.3 is 5.32 Å². The molecule has 0 unspecified atom stereocenters. The topological polar surface area (TPSA) is 109 Å². The number of anilines is 2. The number of hydrogen-bond donors (Lipinski definition) is 2. The fraction of sp³-hybridized carbons (Fsp3) is 0.235. The van der Waals surface area contributed by atoms with Gasteiger partial charge in [-0.3, -0.25) is 9.52 Å². The molecule has 0 aliphatic carbocycles. The first kappa shape index (κ1) is 21.8. The summed E-state index contributed by atoms with van der Waals surface area (Å²) in [6, 6.07) is 10.0. The molecule has 0 aliphatic heterocycles. The Hall–Kier alpha value is -2.53. The summed E-state index contributed by atoms with van der Waals surface area (Å²) >= 11 is 0. The normalized spacial score (nSPS) is 12.0. The molecule has 152 valence electrons. The average molecular weight is 432 g/mol. The number of rotatable bonds is 8. The van der Waals surface area contributed by atoms with Gasteiger partial charge in [0, 0.05) is 16.9 Å². The van der Waals surface area contributed by atoms with Gasteiger partial charge in [0.15, 0.2) is 0 Å². The molecule has 2 N–H and O–H groups in total. The highest BCUT2D eigenvalue weighted by molar-refractivity contribution is 7.92. The van der Waals surface area contributed by atoms with Gasteiger partial charge >= 0.3 is 5.76 Å². The maximum absolute atomic E-state index is 12.5. The van der Waals surface area contributed by atoms with Crippen LogP contribution < -0.4 is 10.0 Å². The van der Waals surface area contributed by atoms with E-state index in [2.05, 4.69) is 10.0 Å². The molecule has 28 heavy (non-hydrogen) atoms. The Bertz CT molecular complexity index is 1040. The van der Waals surface area contributed by atoms with Gasteiger partial charge in [0.2, 0.25) is 19.9 Å². The molecule has 1 amide bonds. The van der Waals surface area contributed by atoms with Crippen molar-refractivity contribution in [2.75, 3.05) is 15.8 Å². The summed E-state index contributed by atoms with van der Waals surface area (Å²) in [6.07, 6.45) is 0.473. The summed E-state index contributed by atoms with van der Waals surface area (Å²) in [5.41, 5.74) is 0.779. The first-order valence-corrected chi connectivity index (χ1v) is 11.3. The molecule has 0 aliphatic rings. The van der Waals surface area contributed by atoms with Crippen molar-refractivity contribution in [2.24, 2.45) is 0 Å². The third-order valence-corrected chi connectivity index (χ3v) is 6.46. The minimum atomic E-state index is -4.72. The molecular weight excluding hydrogens is 414 g/mol. The number of alkyl halides is 2. The molecular formula is C17H18F2N2O5S2. The van der Waals surface area contributed by atoms with E-state index in [1.54, 1.807) is 6.92 Å². The van der Waals surface area contributed by atoms with E-state index in [1.165, 1.54) is 24.3 Å². The quantitative estimate of drug-likeness (QED) is 0.666. The molecule has 0 radical (unpaired) electrons. The van der Waals surface area contributed by atoms with Crippen molar-refractivity contribution in [3.05, 3.63) is 54.1 Å². The van der Waals surface area contributed by atoms with Gasteiger partial charge in [0.25, 0.3) is 5.91 Å². The van der Waals surface area contributed by atoms with Crippen LogP contribution in [0, 0.1) is 0 Å². The van der Waals surface area contributed by atoms with E-state index >= 15 is 0 Å². The number of hydrogen-bond acceptors (Lipinski definition) is 5. The Morgan fingerprint density at radius 3 is 1.96 bits per heavy atom. The molecule has 0 fully saturated rings. The lowest BCUT2D eigenvalue weighted by Gasteiger charge is -2.09. The van der Waals surface area contributed by atoms with Crippen molar-refractivity contribution in [1.29, 1.82) is 0 Å². The van der Waals surface area contributed by atoms with E-state index in [4.69, 9.17) is 0 Å². The Balaban J connectivity index is 2.07. The monoisotopic (exact) mass is 432 g/mol. The standard InChI is InChI=1S/C17H18F2N2O5S2/c1-2-11-27(23,24)21-14-7-5-13(6-8-14)20-16(22)12-3-9-15(10-4-12)28(25,26)17(18)19/h3-10,17,21H,2,11H2,1H3,(H,20,22). The molecule has 0 aromatic heterocycles. The Labute approximate surface area is 161 Å². The second kappa shape index (κ2) is 8.65. The number of benzene rings is 2. The second-order valence-electron chi connectivity index (χ2n) is 5.78. The van der Waals surface area contributed by atoms with Crippen molar-refractivity contribution < 1.29 is 30.4 Å². The highest BCUT2D eigenvalue weighted by Gasteiger charge is 2.26. The van der Waals surface area contributed by atoms with Gasteiger partial charge in [-0.25, -0.2) is 16.8 Å². The van der Waals surface area contributed by atoms with Crippen LogP contribution in [0.1, 0.15) is 23.7 Å².